The van der Waals surface area contributed by atoms with Crippen molar-refractivity contribution in [1.82, 2.24) is 0 Å². The van der Waals surface area contributed by atoms with Crippen molar-refractivity contribution in [3.05, 3.63) is 0 Å². The predicted octanol–water partition coefficient (Wildman–Crippen LogP) is 7.57. The Balaban J connectivity index is 5.15. The first-order valence-corrected chi connectivity index (χ1v) is 9.59. The first kappa shape index (κ1) is 21.0. The van der Waals surface area contributed by atoms with E-state index in [-0.39, 0.29) is 0 Å². The van der Waals surface area contributed by atoms with E-state index in [1.54, 1.807) is 0 Å². The van der Waals surface area contributed by atoms with Crippen molar-refractivity contribution in [2.24, 2.45) is 35.0 Å². The molecule has 0 aliphatic carbocycles. The molecule has 0 aromatic rings. The Labute approximate surface area is 136 Å². The minimum Gasteiger partial charge on any atom is -0.0628 e. The highest BCUT2D eigenvalue weighted by Gasteiger charge is 2.36. The summed E-state index contributed by atoms with van der Waals surface area (Å²) in [5.74, 6) is 4.17. The van der Waals surface area contributed by atoms with Crippen LogP contribution in [0.1, 0.15) is 101 Å². The van der Waals surface area contributed by atoms with E-state index in [0.717, 1.165) is 29.6 Å². The lowest BCUT2D eigenvalue weighted by Gasteiger charge is -2.43. The van der Waals surface area contributed by atoms with Gasteiger partial charge >= 0.3 is 0 Å². The summed E-state index contributed by atoms with van der Waals surface area (Å²) in [6.07, 6.45) is 8.47. The van der Waals surface area contributed by atoms with Gasteiger partial charge in [0.05, 0.1) is 0 Å². The van der Waals surface area contributed by atoms with E-state index in [1.807, 2.05) is 0 Å². The molecule has 0 nitrogen and oxygen atoms in total. The maximum Gasteiger partial charge on any atom is -0.0269 e. The van der Waals surface area contributed by atoms with Crippen LogP contribution in [0, 0.1) is 35.0 Å². The normalized spacial score (nSPS) is 14.7. The van der Waals surface area contributed by atoms with Gasteiger partial charge in [0.1, 0.15) is 0 Å². The zero-order valence-electron chi connectivity index (χ0n) is 16.6. The van der Waals surface area contributed by atoms with Gasteiger partial charge in [-0.2, -0.15) is 0 Å². The number of hydrogen-bond acceptors (Lipinski definition) is 0. The number of hydrogen-bond donors (Lipinski definition) is 0. The van der Waals surface area contributed by atoms with Crippen molar-refractivity contribution in [1.29, 1.82) is 0 Å². The third-order valence-electron chi connectivity index (χ3n) is 5.12. The molecule has 0 spiro atoms. The predicted molar refractivity (Wildman–Crippen MR) is 98.7 cm³/mol. The molecular weight excluding hydrogens is 252 g/mol. The van der Waals surface area contributed by atoms with Crippen molar-refractivity contribution in [2.75, 3.05) is 0 Å². The minimum atomic E-state index is 0.576. The summed E-state index contributed by atoms with van der Waals surface area (Å²) in [7, 11) is 0. The van der Waals surface area contributed by atoms with Crippen molar-refractivity contribution < 1.29 is 0 Å². The fourth-order valence-corrected chi connectivity index (χ4v) is 3.95. The van der Waals surface area contributed by atoms with Gasteiger partial charge in [-0.1, -0.05) is 75.2 Å². The second-order valence-electron chi connectivity index (χ2n) is 9.36. The van der Waals surface area contributed by atoms with E-state index in [2.05, 4.69) is 62.3 Å². The molecule has 0 rings (SSSR count). The Morgan fingerprint density at radius 2 is 1.00 bits per heavy atom. The summed E-state index contributed by atoms with van der Waals surface area (Å²) < 4.78 is 0. The third-order valence-corrected chi connectivity index (χ3v) is 5.12. The van der Waals surface area contributed by atoms with Crippen LogP contribution in [0.25, 0.3) is 0 Å². The Hall–Kier alpha value is 0. The summed E-state index contributed by atoms with van der Waals surface area (Å²) in [5, 5.41) is 0. The van der Waals surface area contributed by atoms with E-state index in [0.29, 0.717) is 5.41 Å². The first-order valence-electron chi connectivity index (χ1n) is 9.59. The largest absolute Gasteiger partial charge is 0.0628 e. The molecule has 1 atom stereocenters. The van der Waals surface area contributed by atoms with E-state index in [9.17, 15) is 0 Å². The van der Waals surface area contributed by atoms with Gasteiger partial charge in [0.2, 0.25) is 0 Å². The second-order valence-corrected chi connectivity index (χ2v) is 9.36. The fraction of sp³-hybridized carbons (Fsp3) is 1.00. The third kappa shape index (κ3) is 8.89. The molecule has 21 heavy (non-hydrogen) atoms. The molecule has 0 fully saturated rings. The molecule has 0 amide bonds. The second kappa shape index (κ2) is 9.90. The fourth-order valence-electron chi connectivity index (χ4n) is 3.95. The van der Waals surface area contributed by atoms with Crippen LogP contribution in [-0.2, 0) is 0 Å². The van der Waals surface area contributed by atoms with Crippen LogP contribution in [0.4, 0.5) is 0 Å². The van der Waals surface area contributed by atoms with Crippen LogP contribution >= 0.6 is 0 Å². The van der Waals surface area contributed by atoms with Gasteiger partial charge in [0.15, 0.2) is 0 Å². The molecule has 0 bridgehead atoms. The lowest BCUT2D eigenvalue weighted by Crippen LogP contribution is -2.32. The van der Waals surface area contributed by atoms with Crippen LogP contribution in [0.15, 0.2) is 0 Å². The zero-order valence-corrected chi connectivity index (χ0v) is 16.6. The van der Waals surface area contributed by atoms with Crippen LogP contribution in [-0.4, -0.2) is 0 Å². The topological polar surface area (TPSA) is 0 Å². The molecule has 0 radical (unpaired) electrons. The standard InChI is InChI=1S/C21H44/c1-16(2)10-12-21(15-19(7)8,13-11-17(3)4)20(9)14-18(5)6/h16-20H,10-15H2,1-9H3. The molecule has 128 valence electrons. The SMILES string of the molecule is CC(C)CCC(CCC(C)C)(CC(C)C)C(C)CC(C)C. The van der Waals surface area contributed by atoms with Gasteiger partial charge in [-0.15, -0.1) is 0 Å². The summed E-state index contributed by atoms with van der Waals surface area (Å²) in [5.41, 5.74) is 0.576. The van der Waals surface area contributed by atoms with Crippen LogP contribution in [0.5, 0.6) is 0 Å². The Bertz CT molecular complexity index is 235. The van der Waals surface area contributed by atoms with Gasteiger partial charge in [-0.25, -0.2) is 0 Å². The Kier molecular flexibility index (Phi) is 9.90. The molecule has 0 aliphatic heterocycles. The van der Waals surface area contributed by atoms with Gasteiger partial charge in [0.25, 0.3) is 0 Å². The van der Waals surface area contributed by atoms with Crippen LogP contribution < -0.4 is 0 Å². The summed E-state index contributed by atoms with van der Waals surface area (Å²) in [6, 6.07) is 0. The lowest BCUT2D eigenvalue weighted by molar-refractivity contribution is 0.0763. The maximum absolute atomic E-state index is 2.54. The van der Waals surface area contributed by atoms with Gasteiger partial charge in [0, 0.05) is 0 Å². The molecule has 0 heterocycles. The highest BCUT2D eigenvalue weighted by molar-refractivity contribution is 4.86. The zero-order chi connectivity index (χ0) is 16.6. The molecule has 0 heteroatoms. The molecule has 0 N–H and O–H groups in total. The average molecular weight is 297 g/mol. The molecule has 0 saturated carbocycles. The monoisotopic (exact) mass is 296 g/mol. The highest BCUT2D eigenvalue weighted by atomic mass is 14.4. The summed E-state index contributed by atoms with van der Waals surface area (Å²) >= 11 is 0. The molecule has 0 saturated heterocycles. The number of rotatable bonds is 11. The van der Waals surface area contributed by atoms with Gasteiger partial charge in [-0.05, 0) is 60.7 Å². The van der Waals surface area contributed by atoms with Crippen LogP contribution in [0.2, 0.25) is 0 Å². The van der Waals surface area contributed by atoms with E-state index < -0.39 is 0 Å². The van der Waals surface area contributed by atoms with E-state index in [4.69, 9.17) is 0 Å². The van der Waals surface area contributed by atoms with Gasteiger partial charge < -0.3 is 0 Å². The van der Waals surface area contributed by atoms with E-state index >= 15 is 0 Å². The van der Waals surface area contributed by atoms with Crippen molar-refractivity contribution in [2.45, 2.75) is 101 Å². The quantitative estimate of drug-likeness (QED) is 0.369. The van der Waals surface area contributed by atoms with Crippen molar-refractivity contribution >= 4 is 0 Å². The Morgan fingerprint density at radius 1 is 0.571 bits per heavy atom. The van der Waals surface area contributed by atoms with Crippen LogP contribution in [0.3, 0.4) is 0 Å². The molecule has 0 aromatic carbocycles. The summed E-state index contributed by atoms with van der Waals surface area (Å²) in [4.78, 5) is 0. The first-order chi connectivity index (χ1) is 9.59. The average Bonchev–Trinajstić information content (AvgIpc) is 2.31. The maximum atomic E-state index is 2.54. The summed E-state index contributed by atoms with van der Waals surface area (Å²) in [6.45, 7) is 21.7. The highest BCUT2D eigenvalue weighted by Crippen LogP contribution is 2.47. The van der Waals surface area contributed by atoms with E-state index in [1.165, 1.54) is 38.5 Å². The Morgan fingerprint density at radius 3 is 1.29 bits per heavy atom. The van der Waals surface area contributed by atoms with Crippen molar-refractivity contribution in [3.63, 3.8) is 0 Å². The lowest BCUT2D eigenvalue weighted by atomic mass is 9.62. The molecule has 0 aromatic heterocycles. The molecular formula is C21H44. The smallest absolute Gasteiger partial charge is 0.0269 e. The molecule has 0 aliphatic rings. The minimum absolute atomic E-state index is 0.576. The van der Waals surface area contributed by atoms with Crippen molar-refractivity contribution in [3.8, 4) is 0 Å². The van der Waals surface area contributed by atoms with Gasteiger partial charge in [-0.3, -0.25) is 0 Å². The molecule has 1 unspecified atom stereocenters.